The van der Waals surface area contributed by atoms with Crippen molar-refractivity contribution >= 4 is 17.5 Å². The molecule has 2 rings (SSSR count). The molecule has 2 amide bonds. The summed E-state index contributed by atoms with van der Waals surface area (Å²) in [6.07, 6.45) is -3.14. The Bertz CT molecular complexity index is 590. The fraction of sp³-hybridized carbons (Fsp3) is 0.467. The molecule has 23 heavy (non-hydrogen) atoms. The molecule has 1 aliphatic heterocycles. The standard InChI is InChI=1S/C15H18F3N3O2/c16-15(17,18)11-5-1-2-6-12(11)20-13(22)9-21-7-3-4-10(8-21)14(19)23/h1-2,5-6,10H,3-4,7-9H2,(H2,19,23)(H,20,22)/t10-/m1/s1. The highest BCUT2D eigenvalue weighted by Crippen LogP contribution is 2.34. The van der Waals surface area contributed by atoms with Gasteiger partial charge in [-0.1, -0.05) is 12.1 Å². The highest BCUT2D eigenvalue weighted by molar-refractivity contribution is 5.93. The number of piperidine rings is 1. The molecule has 0 saturated carbocycles. The van der Waals surface area contributed by atoms with Gasteiger partial charge in [0.2, 0.25) is 11.8 Å². The van der Waals surface area contributed by atoms with E-state index in [1.54, 1.807) is 4.90 Å². The molecule has 1 aliphatic rings. The molecule has 1 saturated heterocycles. The van der Waals surface area contributed by atoms with Crippen LogP contribution in [0.15, 0.2) is 24.3 Å². The number of nitrogens with one attached hydrogen (secondary N) is 1. The number of likely N-dealkylation sites (tertiary alicyclic amines) is 1. The SMILES string of the molecule is NC(=O)[C@@H]1CCCN(CC(=O)Nc2ccccc2C(F)(F)F)C1. The Balaban J connectivity index is 1.99. The van der Waals surface area contributed by atoms with Gasteiger partial charge in [0.15, 0.2) is 0 Å². The Kier molecular flexibility index (Phi) is 5.25. The van der Waals surface area contributed by atoms with Crippen LogP contribution >= 0.6 is 0 Å². The zero-order chi connectivity index (χ0) is 17.0. The number of hydrogen-bond acceptors (Lipinski definition) is 3. The van der Waals surface area contributed by atoms with E-state index in [2.05, 4.69) is 5.32 Å². The van der Waals surface area contributed by atoms with Crippen LogP contribution in [0.3, 0.4) is 0 Å². The van der Waals surface area contributed by atoms with Gasteiger partial charge >= 0.3 is 6.18 Å². The van der Waals surface area contributed by atoms with Gasteiger partial charge in [-0.2, -0.15) is 13.2 Å². The number of rotatable bonds is 4. The molecule has 8 heteroatoms. The summed E-state index contributed by atoms with van der Waals surface area (Å²) in [6.45, 7) is 0.887. The Labute approximate surface area is 131 Å². The minimum Gasteiger partial charge on any atom is -0.369 e. The van der Waals surface area contributed by atoms with E-state index in [-0.39, 0.29) is 18.2 Å². The number of para-hydroxylation sites is 1. The Morgan fingerprint density at radius 1 is 1.30 bits per heavy atom. The van der Waals surface area contributed by atoms with E-state index < -0.39 is 23.6 Å². The van der Waals surface area contributed by atoms with Crippen LogP contribution in [0.25, 0.3) is 0 Å². The molecule has 0 radical (unpaired) electrons. The van der Waals surface area contributed by atoms with E-state index in [4.69, 9.17) is 5.73 Å². The number of anilines is 1. The third-order valence-electron chi connectivity index (χ3n) is 3.78. The first kappa shape index (κ1) is 17.3. The summed E-state index contributed by atoms with van der Waals surface area (Å²) >= 11 is 0. The molecule has 0 aromatic heterocycles. The predicted molar refractivity (Wildman–Crippen MR) is 78.4 cm³/mol. The highest BCUT2D eigenvalue weighted by Gasteiger charge is 2.33. The molecular weight excluding hydrogens is 311 g/mol. The van der Waals surface area contributed by atoms with Crippen molar-refractivity contribution in [3.63, 3.8) is 0 Å². The van der Waals surface area contributed by atoms with Crippen LogP contribution in [0.2, 0.25) is 0 Å². The van der Waals surface area contributed by atoms with Crippen LogP contribution in [0.4, 0.5) is 18.9 Å². The molecule has 1 heterocycles. The van der Waals surface area contributed by atoms with E-state index in [1.807, 2.05) is 0 Å². The van der Waals surface area contributed by atoms with E-state index >= 15 is 0 Å². The zero-order valence-corrected chi connectivity index (χ0v) is 12.4. The van der Waals surface area contributed by atoms with Gasteiger partial charge in [-0.25, -0.2) is 0 Å². The monoisotopic (exact) mass is 329 g/mol. The zero-order valence-electron chi connectivity index (χ0n) is 12.4. The minimum atomic E-state index is -4.54. The topological polar surface area (TPSA) is 75.4 Å². The van der Waals surface area contributed by atoms with Gasteiger partial charge in [0.25, 0.3) is 0 Å². The fourth-order valence-corrected chi connectivity index (χ4v) is 2.66. The highest BCUT2D eigenvalue weighted by atomic mass is 19.4. The van der Waals surface area contributed by atoms with Crippen molar-refractivity contribution in [2.75, 3.05) is 25.0 Å². The molecule has 5 nitrogen and oxygen atoms in total. The van der Waals surface area contributed by atoms with Crippen LogP contribution in [0, 0.1) is 5.92 Å². The van der Waals surface area contributed by atoms with E-state index in [0.717, 1.165) is 12.5 Å². The molecule has 1 aromatic carbocycles. The lowest BCUT2D eigenvalue weighted by atomic mass is 9.97. The molecule has 0 aliphatic carbocycles. The third kappa shape index (κ3) is 4.69. The first-order chi connectivity index (χ1) is 10.8. The number of benzene rings is 1. The number of nitrogens with zero attached hydrogens (tertiary/aromatic N) is 1. The maximum Gasteiger partial charge on any atom is 0.418 e. The molecule has 3 N–H and O–H groups in total. The average Bonchev–Trinajstić information content (AvgIpc) is 2.46. The van der Waals surface area contributed by atoms with Crippen molar-refractivity contribution in [1.82, 2.24) is 4.90 Å². The van der Waals surface area contributed by atoms with Gasteiger partial charge in [0.05, 0.1) is 23.7 Å². The van der Waals surface area contributed by atoms with Gasteiger partial charge in [0.1, 0.15) is 0 Å². The molecular formula is C15H18F3N3O2. The molecule has 0 spiro atoms. The second kappa shape index (κ2) is 6.99. The lowest BCUT2D eigenvalue weighted by molar-refractivity contribution is -0.137. The summed E-state index contributed by atoms with van der Waals surface area (Å²) in [4.78, 5) is 24.9. The van der Waals surface area contributed by atoms with Crippen LogP contribution in [-0.2, 0) is 15.8 Å². The number of hydrogen-bond donors (Lipinski definition) is 2. The quantitative estimate of drug-likeness (QED) is 0.885. The van der Waals surface area contributed by atoms with Gasteiger partial charge < -0.3 is 11.1 Å². The second-order valence-corrected chi connectivity index (χ2v) is 5.57. The minimum absolute atomic E-state index is 0.0734. The van der Waals surface area contributed by atoms with Crippen LogP contribution in [0.1, 0.15) is 18.4 Å². The maximum absolute atomic E-state index is 12.9. The van der Waals surface area contributed by atoms with Crippen molar-refractivity contribution in [1.29, 1.82) is 0 Å². The van der Waals surface area contributed by atoms with Crippen molar-refractivity contribution in [3.05, 3.63) is 29.8 Å². The summed E-state index contributed by atoms with van der Waals surface area (Å²) in [7, 11) is 0. The number of carbonyl (C=O) groups is 2. The van der Waals surface area contributed by atoms with E-state index in [9.17, 15) is 22.8 Å². The Morgan fingerprint density at radius 2 is 2.00 bits per heavy atom. The number of amides is 2. The van der Waals surface area contributed by atoms with Crippen molar-refractivity contribution in [3.8, 4) is 0 Å². The van der Waals surface area contributed by atoms with E-state index in [1.165, 1.54) is 18.2 Å². The van der Waals surface area contributed by atoms with Gasteiger partial charge in [-0.3, -0.25) is 14.5 Å². The normalized spacial score (nSPS) is 19.3. The van der Waals surface area contributed by atoms with E-state index in [0.29, 0.717) is 19.5 Å². The summed E-state index contributed by atoms with van der Waals surface area (Å²) in [5.74, 6) is -1.29. The summed E-state index contributed by atoms with van der Waals surface area (Å²) in [5.41, 5.74) is 4.10. The molecule has 1 atom stereocenters. The molecule has 1 fully saturated rings. The molecule has 126 valence electrons. The number of primary amides is 1. The van der Waals surface area contributed by atoms with Crippen LogP contribution in [0.5, 0.6) is 0 Å². The largest absolute Gasteiger partial charge is 0.418 e. The van der Waals surface area contributed by atoms with Gasteiger partial charge in [-0.15, -0.1) is 0 Å². The Hall–Kier alpha value is -2.09. The second-order valence-electron chi connectivity index (χ2n) is 5.57. The maximum atomic E-state index is 12.9. The van der Waals surface area contributed by atoms with Crippen molar-refractivity contribution in [2.45, 2.75) is 19.0 Å². The number of carbonyl (C=O) groups excluding carboxylic acids is 2. The predicted octanol–water partition coefficient (Wildman–Crippen LogP) is 1.84. The molecule has 0 unspecified atom stereocenters. The molecule has 1 aromatic rings. The lowest BCUT2D eigenvalue weighted by Gasteiger charge is -2.30. The average molecular weight is 329 g/mol. The first-order valence-electron chi connectivity index (χ1n) is 7.25. The first-order valence-corrected chi connectivity index (χ1v) is 7.25. The van der Waals surface area contributed by atoms with Crippen molar-refractivity contribution < 1.29 is 22.8 Å². The number of halogens is 3. The smallest absolute Gasteiger partial charge is 0.369 e. The number of alkyl halides is 3. The summed E-state index contributed by atoms with van der Waals surface area (Å²) in [6, 6.07) is 4.82. The van der Waals surface area contributed by atoms with Crippen LogP contribution in [-0.4, -0.2) is 36.3 Å². The number of nitrogens with two attached hydrogens (primary N) is 1. The summed E-state index contributed by atoms with van der Waals surface area (Å²) in [5, 5.41) is 2.29. The van der Waals surface area contributed by atoms with Gasteiger partial charge in [0, 0.05) is 6.54 Å². The molecule has 0 bridgehead atoms. The lowest BCUT2D eigenvalue weighted by Crippen LogP contribution is -2.44. The van der Waals surface area contributed by atoms with Crippen molar-refractivity contribution in [2.24, 2.45) is 11.7 Å². The van der Waals surface area contributed by atoms with Gasteiger partial charge in [-0.05, 0) is 31.5 Å². The summed E-state index contributed by atoms with van der Waals surface area (Å²) < 4.78 is 38.7. The van der Waals surface area contributed by atoms with Crippen LogP contribution < -0.4 is 11.1 Å². The fourth-order valence-electron chi connectivity index (χ4n) is 2.66. The third-order valence-corrected chi connectivity index (χ3v) is 3.78. The Morgan fingerprint density at radius 3 is 2.65 bits per heavy atom.